The largest absolute Gasteiger partial charge is 0.480 e. The van der Waals surface area contributed by atoms with Gasteiger partial charge in [-0.3, -0.25) is 4.79 Å². The summed E-state index contributed by atoms with van der Waals surface area (Å²) in [4.78, 5) is 38.3. The van der Waals surface area contributed by atoms with Crippen molar-refractivity contribution >= 4 is 29.3 Å². The lowest BCUT2D eigenvalue weighted by Crippen LogP contribution is -2.47. The number of nitrogens with zero attached hydrogens (tertiary/aromatic N) is 1. The number of aliphatic carboxylic acids is 1. The van der Waals surface area contributed by atoms with Crippen LogP contribution < -0.4 is 10.6 Å². The maximum absolute atomic E-state index is 12.9. The number of piperidine rings is 1. The van der Waals surface area contributed by atoms with Crippen molar-refractivity contribution < 1.29 is 19.5 Å². The monoisotopic (exact) mass is 471 g/mol. The molecule has 3 amide bonds. The Hall–Kier alpha value is -4.13. The molecule has 1 atom stereocenters. The standard InChI is InChI=1S/C28H29N3O4/c1-18-6-5-7-19(2)25(18)30-28(35)29-23-15-13-21(14-16-23)20-9-11-22(12-10-20)26(32)31-17-4-3-8-24(31)27(33)34/h5-7,9-16,24H,3-4,8,17H2,1-2H3,(H,33,34)(H2,29,30,35)/t24-/m0/s1. The van der Waals surface area contributed by atoms with Gasteiger partial charge in [-0.2, -0.15) is 0 Å². The molecule has 1 aliphatic heterocycles. The van der Waals surface area contributed by atoms with Crippen molar-refractivity contribution in [1.29, 1.82) is 0 Å². The van der Waals surface area contributed by atoms with E-state index in [-0.39, 0.29) is 11.9 Å². The van der Waals surface area contributed by atoms with Gasteiger partial charge in [0.05, 0.1) is 0 Å². The van der Waals surface area contributed by atoms with E-state index in [1.165, 1.54) is 4.90 Å². The van der Waals surface area contributed by atoms with Crippen molar-refractivity contribution in [3.63, 3.8) is 0 Å². The number of carboxylic acid groups (broad SMARTS) is 1. The van der Waals surface area contributed by atoms with Crippen LogP contribution in [0.4, 0.5) is 16.2 Å². The summed E-state index contributed by atoms with van der Waals surface area (Å²) in [6, 6.07) is 19.4. The van der Waals surface area contributed by atoms with Crippen molar-refractivity contribution in [2.24, 2.45) is 0 Å². The molecule has 1 fully saturated rings. The molecule has 0 radical (unpaired) electrons. The Morgan fingerprint density at radius 1 is 0.829 bits per heavy atom. The number of likely N-dealkylation sites (tertiary alicyclic amines) is 1. The van der Waals surface area contributed by atoms with Crippen LogP contribution in [0.1, 0.15) is 40.7 Å². The lowest BCUT2D eigenvalue weighted by Gasteiger charge is -2.33. The highest BCUT2D eigenvalue weighted by molar-refractivity contribution is 6.01. The number of para-hydroxylation sites is 1. The molecule has 3 aromatic rings. The predicted octanol–water partition coefficient (Wildman–Crippen LogP) is 5.69. The Morgan fingerprint density at radius 2 is 1.43 bits per heavy atom. The van der Waals surface area contributed by atoms with Crippen molar-refractivity contribution in [2.45, 2.75) is 39.2 Å². The fourth-order valence-electron chi connectivity index (χ4n) is 4.44. The van der Waals surface area contributed by atoms with Crippen molar-refractivity contribution in [2.75, 3.05) is 17.2 Å². The van der Waals surface area contributed by atoms with Crippen LogP contribution in [0, 0.1) is 13.8 Å². The molecule has 4 rings (SSSR count). The molecular weight excluding hydrogens is 442 g/mol. The van der Waals surface area contributed by atoms with Crippen LogP contribution in [-0.4, -0.2) is 40.5 Å². The molecule has 0 saturated carbocycles. The first-order valence-corrected chi connectivity index (χ1v) is 11.7. The molecular formula is C28H29N3O4. The summed E-state index contributed by atoms with van der Waals surface area (Å²) in [5.41, 5.74) is 5.79. The maximum atomic E-state index is 12.9. The van der Waals surface area contributed by atoms with E-state index < -0.39 is 12.0 Å². The Kier molecular flexibility index (Phi) is 7.15. The zero-order chi connectivity index (χ0) is 24.9. The molecule has 0 aliphatic carbocycles. The van der Waals surface area contributed by atoms with E-state index in [1.54, 1.807) is 12.1 Å². The van der Waals surface area contributed by atoms with Crippen molar-refractivity contribution in [1.82, 2.24) is 4.90 Å². The van der Waals surface area contributed by atoms with Gasteiger partial charge in [0.25, 0.3) is 5.91 Å². The predicted molar refractivity (Wildman–Crippen MR) is 137 cm³/mol. The Balaban J connectivity index is 1.41. The SMILES string of the molecule is Cc1cccc(C)c1NC(=O)Nc1ccc(-c2ccc(C(=O)N3CCCC[C@H]3C(=O)O)cc2)cc1. The summed E-state index contributed by atoms with van der Waals surface area (Å²) in [5, 5.41) is 15.2. The normalized spacial score (nSPS) is 15.4. The van der Waals surface area contributed by atoms with E-state index in [1.807, 2.05) is 68.4 Å². The second kappa shape index (κ2) is 10.4. The zero-order valence-electron chi connectivity index (χ0n) is 19.9. The summed E-state index contributed by atoms with van der Waals surface area (Å²) < 4.78 is 0. The Morgan fingerprint density at radius 3 is 2.03 bits per heavy atom. The molecule has 7 heteroatoms. The van der Waals surface area contributed by atoms with Gasteiger partial charge in [0.15, 0.2) is 0 Å². The lowest BCUT2D eigenvalue weighted by atomic mass is 9.99. The first-order chi connectivity index (χ1) is 16.8. The number of carbonyl (C=O) groups excluding carboxylic acids is 2. The highest BCUT2D eigenvalue weighted by Crippen LogP contribution is 2.25. The minimum atomic E-state index is -0.953. The molecule has 1 heterocycles. The maximum Gasteiger partial charge on any atom is 0.326 e. The number of amides is 3. The minimum Gasteiger partial charge on any atom is -0.480 e. The molecule has 0 bridgehead atoms. The van der Waals surface area contributed by atoms with Gasteiger partial charge in [-0.05, 0) is 79.6 Å². The number of anilines is 2. The van der Waals surface area contributed by atoms with E-state index in [2.05, 4.69) is 10.6 Å². The van der Waals surface area contributed by atoms with Gasteiger partial charge < -0.3 is 20.6 Å². The van der Waals surface area contributed by atoms with Gasteiger partial charge in [-0.25, -0.2) is 9.59 Å². The summed E-state index contributed by atoms with van der Waals surface area (Å²) in [6.07, 6.45) is 2.12. The second-order valence-corrected chi connectivity index (χ2v) is 8.85. The molecule has 35 heavy (non-hydrogen) atoms. The molecule has 3 aromatic carbocycles. The quantitative estimate of drug-likeness (QED) is 0.445. The minimum absolute atomic E-state index is 0.252. The van der Waals surface area contributed by atoms with Crippen LogP contribution in [0.3, 0.4) is 0 Å². The lowest BCUT2D eigenvalue weighted by molar-refractivity contribution is -0.143. The fraction of sp³-hybridized carbons (Fsp3) is 0.250. The van der Waals surface area contributed by atoms with Gasteiger partial charge >= 0.3 is 12.0 Å². The van der Waals surface area contributed by atoms with E-state index in [4.69, 9.17) is 0 Å². The van der Waals surface area contributed by atoms with Crippen LogP contribution >= 0.6 is 0 Å². The van der Waals surface area contributed by atoms with Crippen LogP contribution in [0.15, 0.2) is 66.7 Å². The molecule has 0 spiro atoms. The molecule has 0 unspecified atom stereocenters. The number of carbonyl (C=O) groups is 3. The first-order valence-electron chi connectivity index (χ1n) is 11.7. The molecule has 7 nitrogen and oxygen atoms in total. The molecule has 1 aliphatic rings. The molecule has 3 N–H and O–H groups in total. The number of hydrogen-bond acceptors (Lipinski definition) is 3. The highest BCUT2D eigenvalue weighted by Gasteiger charge is 2.32. The van der Waals surface area contributed by atoms with E-state index >= 15 is 0 Å². The number of nitrogens with one attached hydrogen (secondary N) is 2. The third-order valence-corrected chi connectivity index (χ3v) is 6.38. The number of rotatable bonds is 5. The Bertz CT molecular complexity index is 1220. The smallest absolute Gasteiger partial charge is 0.326 e. The van der Waals surface area contributed by atoms with Crippen molar-refractivity contribution in [3.05, 3.63) is 83.4 Å². The average Bonchev–Trinajstić information content (AvgIpc) is 2.86. The molecule has 1 saturated heterocycles. The summed E-state index contributed by atoms with van der Waals surface area (Å²) in [5.74, 6) is -1.20. The molecule has 180 valence electrons. The van der Waals surface area contributed by atoms with E-state index in [0.29, 0.717) is 24.2 Å². The number of carboxylic acids is 1. The number of aryl methyl sites for hydroxylation is 2. The van der Waals surface area contributed by atoms with Gasteiger partial charge in [0, 0.05) is 23.5 Å². The highest BCUT2D eigenvalue weighted by atomic mass is 16.4. The summed E-state index contributed by atoms with van der Waals surface area (Å²) >= 11 is 0. The zero-order valence-corrected chi connectivity index (χ0v) is 19.9. The van der Waals surface area contributed by atoms with Gasteiger partial charge in [0.1, 0.15) is 6.04 Å². The average molecular weight is 472 g/mol. The third kappa shape index (κ3) is 5.51. The number of benzene rings is 3. The van der Waals surface area contributed by atoms with Crippen LogP contribution in [0.25, 0.3) is 11.1 Å². The van der Waals surface area contributed by atoms with Gasteiger partial charge in [-0.15, -0.1) is 0 Å². The molecule has 0 aromatic heterocycles. The second-order valence-electron chi connectivity index (χ2n) is 8.85. The summed E-state index contributed by atoms with van der Waals surface area (Å²) in [6.45, 7) is 4.36. The van der Waals surface area contributed by atoms with Crippen LogP contribution in [0.2, 0.25) is 0 Å². The Labute approximate surface area is 204 Å². The van der Waals surface area contributed by atoms with Crippen molar-refractivity contribution in [3.8, 4) is 11.1 Å². The van der Waals surface area contributed by atoms with Gasteiger partial charge in [-0.1, -0.05) is 42.5 Å². The number of urea groups is 1. The van der Waals surface area contributed by atoms with E-state index in [9.17, 15) is 19.5 Å². The number of hydrogen-bond donors (Lipinski definition) is 3. The third-order valence-electron chi connectivity index (χ3n) is 6.38. The fourth-order valence-corrected chi connectivity index (χ4v) is 4.44. The van der Waals surface area contributed by atoms with E-state index in [0.717, 1.165) is 40.8 Å². The summed E-state index contributed by atoms with van der Waals surface area (Å²) in [7, 11) is 0. The topological polar surface area (TPSA) is 98.7 Å². The van der Waals surface area contributed by atoms with Crippen LogP contribution in [0.5, 0.6) is 0 Å². The van der Waals surface area contributed by atoms with Gasteiger partial charge in [0.2, 0.25) is 0 Å². The van der Waals surface area contributed by atoms with Crippen LogP contribution in [-0.2, 0) is 4.79 Å². The first kappa shape index (κ1) is 24.0.